The van der Waals surface area contributed by atoms with Crippen molar-refractivity contribution in [3.05, 3.63) is 108 Å². The SMILES string of the molecule is CC1C(OC(=O)c2ccccc2)OC(COC(=O)c2ccccc2)C1OC(=O)c1ccccc1. The minimum Gasteiger partial charge on any atom is -0.459 e. The minimum absolute atomic E-state index is 0.176. The van der Waals surface area contributed by atoms with Gasteiger partial charge in [-0.2, -0.15) is 0 Å². The summed E-state index contributed by atoms with van der Waals surface area (Å²) in [6.07, 6.45) is -2.60. The van der Waals surface area contributed by atoms with Crippen LogP contribution in [0.4, 0.5) is 0 Å². The Bertz CT molecular complexity index is 1120. The van der Waals surface area contributed by atoms with E-state index in [0.717, 1.165) is 0 Å². The van der Waals surface area contributed by atoms with Crippen molar-refractivity contribution >= 4 is 17.9 Å². The molecule has 4 unspecified atom stereocenters. The van der Waals surface area contributed by atoms with Gasteiger partial charge in [0.05, 0.1) is 22.6 Å². The third kappa shape index (κ3) is 5.50. The molecule has 0 amide bonds. The Morgan fingerprint density at radius 1 is 0.676 bits per heavy atom. The van der Waals surface area contributed by atoms with Crippen molar-refractivity contribution in [3.63, 3.8) is 0 Å². The fourth-order valence-corrected chi connectivity index (χ4v) is 3.65. The van der Waals surface area contributed by atoms with E-state index in [2.05, 4.69) is 0 Å². The average molecular weight is 460 g/mol. The zero-order valence-electron chi connectivity index (χ0n) is 18.5. The molecule has 34 heavy (non-hydrogen) atoms. The largest absolute Gasteiger partial charge is 0.459 e. The number of carbonyl (C=O) groups is 3. The number of esters is 3. The molecule has 1 saturated heterocycles. The van der Waals surface area contributed by atoms with Crippen molar-refractivity contribution in [2.24, 2.45) is 5.92 Å². The molecule has 4 rings (SSSR count). The van der Waals surface area contributed by atoms with Gasteiger partial charge in [0.15, 0.2) is 0 Å². The van der Waals surface area contributed by atoms with Crippen LogP contribution in [0.25, 0.3) is 0 Å². The molecule has 0 aliphatic carbocycles. The van der Waals surface area contributed by atoms with Gasteiger partial charge in [0.2, 0.25) is 6.29 Å². The number of hydrogen-bond donors (Lipinski definition) is 0. The first-order valence-electron chi connectivity index (χ1n) is 10.9. The second kappa shape index (κ2) is 10.8. The van der Waals surface area contributed by atoms with E-state index in [1.54, 1.807) is 97.9 Å². The van der Waals surface area contributed by atoms with E-state index in [1.165, 1.54) is 0 Å². The van der Waals surface area contributed by atoms with E-state index in [0.29, 0.717) is 16.7 Å². The first-order valence-corrected chi connectivity index (χ1v) is 10.9. The number of benzene rings is 3. The predicted octanol–water partition coefficient (Wildman–Crippen LogP) is 4.29. The Kier molecular flexibility index (Phi) is 7.34. The van der Waals surface area contributed by atoms with Crippen molar-refractivity contribution < 1.29 is 33.3 Å². The highest BCUT2D eigenvalue weighted by molar-refractivity contribution is 5.90. The summed E-state index contributed by atoms with van der Waals surface area (Å²) in [5.74, 6) is -2.14. The molecule has 1 aliphatic heterocycles. The summed E-state index contributed by atoms with van der Waals surface area (Å²) in [6.45, 7) is 1.58. The van der Waals surface area contributed by atoms with Crippen molar-refractivity contribution in [1.82, 2.24) is 0 Å². The van der Waals surface area contributed by atoms with Gasteiger partial charge in [-0.25, -0.2) is 14.4 Å². The van der Waals surface area contributed by atoms with Crippen LogP contribution < -0.4 is 0 Å². The lowest BCUT2D eigenvalue weighted by Crippen LogP contribution is -2.35. The highest BCUT2D eigenvalue weighted by Gasteiger charge is 2.47. The fraction of sp³-hybridized carbons (Fsp3) is 0.222. The van der Waals surface area contributed by atoms with Crippen LogP contribution in [0.5, 0.6) is 0 Å². The molecule has 3 aromatic rings. The zero-order chi connectivity index (χ0) is 23.9. The van der Waals surface area contributed by atoms with E-state index < -0.39 is 42.3 Å². The second-order valence-corrected chi connectivity index (χ2v) is 7.87. The molecule has 0 spiro atoms. The minimum atomic E-state index is -0.985. The molecule has 1 aliphatic rings. The quantitative estimate of drug-likeness (QED) is 0.384. The van der Waals surface area contributed by atoms with Crippen molar-refractivity contribution in [1.29, 1.82) is 0 Å². The maximum Gasteiger partial charge on any atom is 0.340 e. The Morgan fingerprint density at radius 3 is 1.62 bits per heavy atom. The molecule has 174 valence electrons. The van der Waals surface area contributed by atoms with Gasteiger partial charge in [0, 0.05) is 0 Å². The summed E-state index contributed by atoms with van der Waals surface area (Å²) in [4.78, 5) is 37.7. The predicted molar refractivity (Wildman–Crippen MR) is 122 cm³/mol. The van der Waals surface area contributed by atoms with E-state index in [-0.39, 0.29) is 6.61 Å². The molecule has 7 heteroatoms. The van der Waals surface area contributed by atoms with Gasteiger partial charge in [-0.15, -0.1) is 0 Å². The molecule has 3 aromatic carbocycles. The van der Waals surface area contributed by atoms with Crippen molar-refractivity contribution in [3.8, 4) is 0 Å². The van der Waals surface area contributed by atoms with Crippen LogP contribution in [0.2, 0.25) is 0 Å². The molecule has 0 saturated carbocycles. The summed E-state index contributed by atoms with van der Waals surface area (Å²) >= 11 is 0. The summed E-state index contributed by atoms with van der Waals surface area (Å²) in [5, 5.41) is 0. The van der Waals surface area contributed by atoms with Gasteiger partial charge >= 0.3 is 17.9 Å². The van der Waals surface area contributed by atoms with Gasteiger partial charge in [-0.05, 0) is 36.4 Å². The lowest BCUT2D eigenvalue weighted by Gasteiger charge is -2.21. The maximum atomic E-state index is 12.7. The summed E-state index contributed by atoms with van der Waals surface area (Å²) in [5.41, 5.74) is 1.13. The zero-order valence-corrected chi connectivity index (χ0v) is 18.5. The molecular weight excluding hydrogens is 436 g/mol. The number of hydrogen-bond acceptors (Lipinski definition) is 7. The van der Waals surface area contributed by atoms with Gasteiger partial charge in [-0.1, -0.05) is 61.5 Å². The number of rotatable bonds is 7. The van der Waals surface area contributed by atoms with E-state index in [9.17, 15) is 14.4 Å². The molecule has 4 atom stereocenters. The maximum absolute atomic E-state index is 12.7. The summed E-state index contributed by atoms with van der Waals surface area (Å²) < 4.78 is 22.6. The molecule has 0 bridgehead atoms. The molecule has 0 radical (unpaired) electrons. The lowest BCUT2D eigenvalue weighted by molar-refractivity contribution is -0.125. The monoisotopic (exact) mass is 460 g/mol. The smallest absolute Gasteiger partial charge is 0.340 e. The van der Waals surface area contributed by atoms with Crippen LogP contribution >= 0.6 is 0 Å². The van der Waals surface area contributed by atoms with Crippen molar-refractivity contribution in [2.75, 3.05) is 6.61 Å². The summed E-state index contributed by atoms with van der Waals surface area (Å²) in [7, 11) is 0. The first kappa shape index (κ1) is 23.2. The molecular formula is C27H24O7. The Hall–Kier alpha value is -3.97. The Labute approximate surface area is 197 Å². The highest BCUT2D eigenvalue weighted by Crippen LogP contribution is 2.32. The molecule has 0 aromatic heterocycles. The van der Waals surface area contributed by atoms with E-state index >= 15 is 0 Å². The Morgan fingerprint density at radius 2 is 1.12 bits per heavy atom. The van der Waals surface area contributed by atoms with Crippen LogP contribution in [0, 0.1) is 5.92 Å². The average Bonchev–Trinajstić information content (AvgIpc) is 3.17. The van der Waals surface area contributed by atoms with Gasteiger partial charge in [0.25, 0.3) is 0 Å². The second-order valence-electron chi connectivity index (χ2n) is 7.87. The van der Waals surface area contributed by atoms with Crippen LogP contribution in [0.1, 0.15) is 38.0 Å². The normalized spacial score (nSPS) is 21.4. The first-order chi connectivity index (χ1) is 16.5. The van der Waals surface area contributed by atoms with Crippen LogP contribution in [0.3, 0.4) is 0 Å². The van der Waals surface area contributed by atoms with Crippen molar-refractivity contribution in [2.45, 2.75) is 25.4 Å². The lowest BCUT2D eigenvalue weighted by atomic mass is 10.0. The number of carbonyl (C=O) groups excluding carboxylic acids is 3. The molecule has 7 nitrogen and oxygen atoms in total. The van der Waals surface area contributed by atoms with Crippen LogP contribution in [0.15, 0.2) is 91.0 Å². The highest BCUT2D eigenvalue weighted by atomic mass is 16.7. The van der Waals surface area contributed by atoms with E-state index in [1.807, 2.05) is 0 Å². The number of ether oxygens (including phenoxy) is 4. The topological polar surface area (TPSA) is 88.1 Å². The molecule has 1 heterocycles. The summed E-state index contributed by atoms with van der Waals surface area (Å²) in [6, 6.07) is 25.6. The van der Waals surface area contributed by atoms with Gasteiger partial charge < -0.3 is 18.9 Å². The molecule has 1 fully saturated rings. The van der Waals surface area contributed by atoms with Gasteiger partial charge in [0.1, 0.15) is 18.8 Å². The van der Waals surface area contributed by atoms with E-state index in [4.69, 9.17) is 18.9 Å². The third-order valence-corrected chi connectivity index (χ3v) is 5.50. The standard InChI is InChI=1S/C27H24O7/c1-18-23(33-25(29)20-13-7-3-8-14-20)22(17-31-24(28)19-11-5-2-6-12-19)32-27(18)34-26(30)21-15-9-4-10-16-21/h2-16,18,22-23,27H,17H2,1H3. The van der Waals surface area contributed by atoms with Crippen LogP contribution in [-0.4, -0.2) is 43.0 Å². The van der Waals surface area contributed by atoms with Crippen LogP contribution in [-0.2, 0) is 18.9 Å². The fourth-order valence-electron chi connectivity index (χ4n) is 3.65. The van der Waals surface area contributed by atoms with Gasteiger partial charge in [-0.3, -0.25) is 0 Å². The third-order valence-electron chi connectivity index (χ3n) is 5.50. The molecule has 0 N–H and O–H groups in total. The Balaban J connectivity index is 1.47.